The summed E-state index contributed by atoms with van der Waals surface area (Å²) in [6.07, 6.45) is 2.75. The van der Waals surface area contributed by atoms with Crippen molar-refractivity contribution in [3.63, 3.8) is 0 Å². The van der Waals surface area contributed by atoms with Crippen molar-refractivity contribution in [3.8, 4) is 16.9 Å². The first-order valence-electron chi connectivity index (χ1n) is 17.8. The van der Waals surface area contributed by atoms with E-state index in [1.807, 2.05) is 43.9 Å². The molecule has 8 bridgehead atoms. The third-order valence-electron chi connectivity index (χ3n) is 9.98. The van der Waals surface area contributed by atoms with E-state index in [2.05, 4.69) is 33.6 Å². The number of nitrogens with one attached hydrogen (secondary N) is 1. The molecule has 0 unspecified atom stereocenters. The highest BCUT2D eigenvalue weighted by Crippen LogP contribution is 2.44. The maximum absolute atomic E-state index is 14.4. The van der Waals surface area contributed by atoms with Gasteiger partial charge in [-0.25, -0.2) is 9.18 Å². The Morgan fingerprint density at radius 1 is 1.10 bits per heavy atom. The molecule has 7 rings (SSSR count). The van der Waals surface area contributed by atoms with Gasteiger partial charge in [0.2, 0.25) is 0 Å². The van der Waals surface area contributed by atoms with Gasteiger partial charge in [0, 0.05) is 69.8 Å². The van der Waals surface area contributed by atoms with Gasteiger partial charge in [0.15, 0.2) is 0 Å². The molecule has 3 aromatic heterocycles. The van der Waals surface area contributed by atoms with Gasteiger partial charge in [0.25, 0.3) is 0 Å². The molecule has 0 amide bonds. The molecule has 272 valence electrons. The fourth-order valence-electron chi connectivity index (χ4n) is 7.59. The number of fused-ring (bicyclic) bond motifs is 8. The van der Waals surface area contributed by atoms with E-state index in [4.69, 9.17) is 31.3 Å². The number of thioether (sulfide) groups is 1. The molecule has 3 aromatic carbocycles. The van der Waals surface area contributed by atoms with Gasteiger partial charge in [0.1, 0.15) is 17.3 Å². The van der Waals surface area contributed by atoms with E-state index in [0.717, 1.165) is 91.8 Å². The Balaban J connectivity index is 1.39. The minimum Gasteiger partial charge on any atom is -0.493 e. The van der Waals surface area contributed by atoms with E-state index in [1.165, 1.54) is 13.2 Å². The third kappa shape index (κ3) is 6.81. The fraction of sp³-hybridized carbons (Fsp3) is 0.375. The number of halogens is 2. The van der Waals surface area contributed by atoms with E-state index in [1.54, 1.807) is 23.9 Å². The maximum atomic E-state index is 14.4. The molecule has 0 aliphatic carbocycles. The second-order valence-corrected chi connectivity index (χ2v) is 14.7. The van der Waals surface area contributed by atoms with Crippen molar-refractivity contribution < 1.29 is 18.7 Å². The SMILES string of the molecule is CCc1c(C(=O)OC)n2c3ccc(Cl)c(c13)-c1c(C)nn(CCNC)c1CSCc1cc(n(C)n1)CCc1cc(c3ccc(F)cc3c1)OCCC2. The van der Waals surface area contributed by atoms with Gasteiger partial charge in [-0.05, 0) is 98.6 Å². The molecule has 12 heteroatoms. The second-order valence-electron chi connectivity index (χ2n) is 13.3. The fourth-order valence-corrected chi connectivity index (χ4v) is 8.78. The summed E-state index contributed by atoms with van der Waals surface area (Å²) in [4.78, 5) is 13.6. The average Bonchev–Trinajstić information content (AvgIpc) is 3.76. The highest BCUT2D eigenvalue weighted by Gasteiger charge is 2.29. The summed E-state index contributed by atoms with van der Waals surface area (Å²) in [5.41, 5.74) is 9.39. The molecule has 9 nitrogen and oxygen atoms in total. The topological polar surface area (TPSA) is 88.1 Å². The van der Waals surface area contributed by atoms with Crippen molar-refractivity contribution in [1.29, 1.82) is 0 Å². The summed E-state index contributed by atoms with van der Waals surface area (Å²) in [6, 6.07) is 15.0. The molecule has 0 spiro atoms. The Bertz CT molecular complexity index is 2290. The van der Waals surface area contributed by atoms with Crippen molar-refractivity contribution >= 4 is 51.0 Å². The molecule has 52 heavy (non-hydrogen) atoms. The number of aromatic nitrogens is 5. The molecule has 1 N–H and O–H groups in total. The monoisotopic (exact) mass is 742 g/mol. The van der Waals surface area contributed by atoms with Crippen LogP contribution in [0.15, 0.2) is 48.5 Å². The first-order valence-corrected chi connectivity index (χ1v) is 19.3. The maximum Gasteiger partial charge on any atom is 0.354 e. The first-order chi connectivity index (χ1) is 25.2. The molecular formula is C40H44ClFN6O3S. The van der Waals surface area contributed by atoms with Crippen LogP contribution in [0.4, 0.5) is 4.39 Å². The van der Waals surface area contributed by atoms with E-state index in [0.29, 0.717) is 54.8 Å². The van der Waals surface area contributed by atoms with E-state index in [-0.39, 0.29) is 5.82 Å². The average molecular weight is 743 g/mol. The standard InChI is InChI=1S/C40H44ClFN6O3S/c1-6-30-37-33-13-12-32(41)38(37)36-24(2)44-48(16-14-43-3)34(36)23-52-22-28-21-29(46(4)45-28)10-8-25-18-26-20-27(42)9-11-31(26)35(19-25)51-17-7-15-47(33)39(30)40(49)50-5/h9,11-13,18-21,43H,6-8,10,14-17,22-23H2,1-5H3. The van der Waals surface area contributed by atoms with Gasteiger partial charge in [0.05, 0.1) is 37.3 Å². The number of aryl methyl sites for hydroxylation is 6. The van der Waals surface area contributed by atoms with Gasteiger partial charge in [-0.2, -0.15) is 10.2 Å². The van der Waals surface area contributed by atoms with Crippen molar-refractivity contribution in [2.45, 2.75) is 64.1 Å². The van der Waals surface area contributed by atoms with Crippen molar-refractivity contribution in [1.82, 2.24) is 29.4 Å². The number of likely N-dealkylation sites (N-methyl/N-ethyl adjacent to an activating group) is 1. The lowest BCUT2D eigenvalue weighted by atomic mass is 9.95. The number of hydrogen-bond donors (Lipinski definition) is 1. The Hall–Kier alpha value is -4.32. The molecule has 1 aliphatic rings. The first kappa shape index (κ1) is 36.1. The van der Waals surface area contributed by atoms with Crippen LogP contribution < -0.4 is 10.1 Å². The van der Waals surface area contributed by atoms with Crippen molar-refractivity contribution in [3.05, 3.63) is 99.0 Å². The Kier molecular flexibility index (Phi) is 10.6. The minimum absolute atomic E-state index is 0.283. The molecule has 0 saturated carbocycles. The summed E-state index contributed by atoms with van der Waals surface area (Å²) >= 11 is 8.98. The van der Waals surface area contributed by atoms with Crippen LogP contribution in [0.1, 0.15) is 57.7 Å². The highest BCUT2D eigenvalue weighted by atomic mass is 35.5. The zero-order valence-electron chi connectivity index (χ0n) is 30.3. The van der Waals surface area contributed by atoms with Crippen molar-refractivity contribution in [2.24, 2.45) is 7.05 Å². The largest absolute Gasteiger partial charge is 0.493 e. The Labute approximate surface area is 312 Å². The van der Waals surface area contributed by atoms with Crippen LogP contribution in [0.3, 0.4) is 0 Å². The van der Waals surface area contributed by atoms with Crippen LogP contribution in [-0.2, 0) is 55.6 Å². The van der Waals surface area contributed by atoms with Gasteiger partial charge in [-0.3, -0.25) is 9.36 Å². The van der Waals surface area contributed by atoms with E-state index >= 15 is 0 Å². The van der Waals surface area contributed by atoms with Crippen LogP contribution in [-0.4, -0.2) is 57.4 Å². The molecule has 6 aromatic rings. The zero-order chi connectivity index (χ0) is 36.5. The summed E-state index contributed by atoms with van der Waals surface area (Å²) in [5, 5.41) is 16.4. The lowest BCUT2D eigenvalue weighted by Crippen LogP contribution is -2.17. The molecule has 0 atom stereocenters. The summed E-state index contributed by atoms with van der Waals surface area (Å²) in [6.45, 7) is 6.46. The summed E-state index contributed by atoms with van der Waals surface area (Å²) in [7, 11) is 5.35. The Morgan fingerprint density at radius 3 is 2.73 bits per heavy atom. The molecule has 1 aliphatic heterocycles. The van der Waals surface area contributed by atoms with Gasteiger partial charge in [-0.1, -0.05) is 24.6 Å². The lowest BCUT2D eigenvalue weighted by Gasteiger charge is -2.14. The normalized spacial score (nSPS) is 14.0. The molecule has 0 saturated heterocycles. The quantitative estimate of drug-likeness (QED) is 0.179. The molecule has 0 radical (unpaired) electrons. The Morgan fingerprint density at radius 2 is 1.94 bits per heavy atom. The predicted octanol–water partition coefficient (Wildman–Crippen LogP) is 8.06. The predicted molar refractivity (Wildman–Crippen MR) is 207 cm³/mol. The number of benzene rings is 3. The van der Waals surface area contributed by atoms with Gasteiger partial charge >= 0.3 is 5.97 Å². The number of carbonyl (C=O) groups excluding carboxylic acids is 1. The zero-order valence-corrected chi connectivity index (χ0v) is 31.9. The van der Waals surface area contributed by atoms with Crippen LogP contribution >= 0.6 is 23.4 Å². The summed E-state index contributed by atoms with van der Waals surface area (Å²) in [5.74, 6) is 1.46. The minimum atomic E-state index is -0.391. The number of methoxy groups -OCH3 is 1. The third-order valence-corrected chi connectivity index (χ3v) is 11.3. The molecular weight excluding hydrogens is 699 g/mol. The number of carbonyl (C=O) groups is 1. The van der Waals surface area contributed by atoms with Gasteiger partial charge in [-0.15, -0.1) is 11.8 Å². The van der Waals surface area contributed by atoms with Crippen LogP contribution in [0.25, 0.3) is 32.8 Å². The lowest BCUT2D eigenvalue weighted by molar-refractivity contribution is 0.0587. The number of nitrogens with zero attached hydrogens (tertiary/aromatic N) is 5. The smallest absolute Gasteiger partial charge is 0.354 e. The number of ether oxygens (including phenoxy) is 2. The van der Waals surface area contributed by atoms with Crippen LogP contribution in [0.5, 0.6) is 5.75 Å². The van der Waals surface area contributed by atoms with Crippen molar-refractivity contribution in [2.75, 3.05) is 27.3 Å². The molecule has 4 heterocycles. The second kappa shape index (κ2) is 15.3. The number of esters is 1. The molecule has 0 fully saturated rings. The van der Waals surface area contributed by atoms with E-state index < -0.39 is 5.97 Å². The van der Waals surface area contributed by atoms with E-state index in [9.17, 15) is 9.18 Å². The van der Waals surface area contributed by atoms with Crippen LogP contribution in [0, 0.1) is 12.7 Å². The number of rotatable bonds is 5. The number of hydrogen-bond acceptors (Lipinski definition) is 7. The van der Waals surface area contributed by atoms with Crippen LogP contribution in [0.2, 0.25) is 5.02 Å². The summed E-state index contributed by atoms with van der Waals surface area (Å²) < 4.78 is 32.4. The highest BCUT2D eigenvalue weighted by molar-refractivity contribution is 7.97. The van der Waals surface area contributed by atoms with Gasteiger partial charge < -0.3 is 19.4 Å².